The fraction of sp³-hybridized carbons (Fsp3) is 0.158. The molecular weight excluding hydrogens is 324 g/mol. The number of benzene rings is 2. The monoisotopic (exact) mass is 338 g/mol. The van der Waals surface area contributed by atoms with Gasteiger partial charge in [-0.15, -0.1) is 0 Å². The maximum atomic E-state index is 6.14. The van der Waals surface area contributed by atoms with Gasteiger partial charge in [0, 0.05) is 27.1 Å². The van der Waals surface area contributed by atoms with E-state index in [0.717, 1.165) is 17.6 Å². The molecule has 0 amide bonds. The zero-order valence-electron chi connectivity index (χ0n) is 11.5. The van der Waals surface area contributed by atoms with Gasteiger partial charge in [0.15, 0.2) is 0 Å². The fourth-order valence-electron chi connectivity index (χ4n) is 3.07. The molecular formula is C19H15BrO. The highest BCUT2D eigenvalue weighted by Crippen LogP contribution is 2.37. The molecule has 2 unspecified atom stereocenters. The van der Waals surface area contributed by atoms with Crippen LogP contribution in [0.3, 0.4) is 0 Å². The predicted molar refractivity (Wildman–Crippen MR) is 92.1 cm³/mol. The molecule has 1 aliphatic rings. The second-order valence-corrected chi connectivity index (χ2v) is 6.63. The van der Waals surface area contributed by atoms with E-state index in [1.807, 2.05) is 12.1 Å². The summed E-state index contributed by atoms with van der Waals surface area (Å²) in [5, 5.41) is 2.40. The number of furan rings is 1. The number of halogens is 1. The summed E-state index contributed by atoms with van der Waals surface area (Å²) >= 11 is 3.72. The van der Waals surface area contributed by atoms with Gasteiger partial charge in [-0.1, -0.05) is 76.6 Å². The van der Waals surface area contributed by atoms with Crippen molar-refractivity contribution in [3.8, 4) is 0 Å². The van der Waals surface area contributed by atoms with Crippen LogP contribution in [0, 0.1) is 0 Å². The topological polar surface area (TPSA) is 13.1 Å². The highest BCUT2D eigenvalue weighted by Gasteiger charge is 2.19. The van der Waals surface area contributed by atoms with Gasteiger partial charge in [-0.2, -0.15) is 0 Å². The van der Waals surface area contributed by atoms with Crippen LogP contribution in [0.2, 0.25) is 0 Å². The second-order valence-electron chi connectivity index (χ2n) is 5.45. The van der Waals surface area contributed by atoms with Crippen molar-refractivity contribution in [2.45, 2.75) is 17.2 Å². The van der Waals surface area contributed by atoms with Gasteiger partial charge in [0.05, 0.1) is 0 Å². The third-order valence-electron chi connectivity index (χ3n) is 4.09. The molecule has 2 aromatic carbocycles. The van der Waals surface area contributed by atoms with E-state index in [0.29, 0.717) is 10.7 Å². The van der Waals surface area contributed by atoms with Crippen LogP contribution in [0.1, 0.15) is 17.9 Å². The van der Waals surface area contributed by atoms with Crippen LogP contribution in [0.4, 0.5) is 0 Å². The first-order chi connectivity index (χ1) is 10.3. The van der Waals surface area contributed by atoms with Gasteiger partial charge in [0.25, 0.3) is 0 Å². The van der Waals surface area contributed by atoms with Crippen molar-refractivity contribution in [2.75, 3.05) is 0 Å². The van der Waals surface area contributed by atoms with Crippen molar-refractivity contribution < 1.29 is 4.42 Å². The summed E-state index contributed by atoms with van der Waals surface area (Å²) in [5.41, 5.74) is 3.26. The summed E-state index contributed by atoms with van der Waals surface area (Å²) < 4.78 is 6.14. The summed E-state index contributed by atoms with van der Waals surface area (Å²) in [5.74, 6) is 0.369. The quantitative estimate of drug-likeness (QED) is 0.499. The Labute approximate surface area is 132 Å². The minimum absolute atomic E-state index is 0.369. The van der Waals surface area contributed by atoms with Crippen molar-refractivity contribution in [3.05, 3.63) is 72.3 Å². The minimum Gasteiger partial charge on any atom is -0.456 e. The highest BCUT2D eigenvalue weighted by molar-refractivity contribution is 9.09. The molecule has 1 aliphatic carbocycles. The first kappa shape index (κ1) is 12.9. The van der Waals surface area contributed by atoms with Crippen LogP contribution in [-0.4, -0.2) is 4.83 Å². The molecule has 0 N–H and O–H groups in total. The summed E-state index contributed by atoms with van der Waals surface area (Å²) in [6.45, 7) is 0. The van der Waals surface area contributed by atoms with Gasteiger partial charge in [-0.25, -0.2) is 0 Å². The van der Waals surface area contributed by atoms with Crippen LogP contribution in [-0.2, 0) is 0 Å². The van der Waals surface area contributed by atoms with E-state index in [2.05, 4.69) is 70.6 Å². The molecule has 0 aliphatic heterocycles. The highest BCUT2D eigenvalue weighted by atomic mass is 79.9. The lowest BCUT2D eigenvalue weighted by atomic mass is 9.93. The molecule has 1 aromatic heterocycles. The van der Waals surface area contributed by atoms with Gasteiger partial charge in [0.2, 0.25) is 0 Å². The molecule has 0 saturated carbocycles. The third-order valence-corrected chi connectivity index (χ3v) is 4.77. The van der Waals surface area contributed by atoms with E-state index in [9.17, 15) is 0 Å². The van der Waals surface area contributed by atoms with E-state index < -0.39 is 0 Å². The van der Waals surface area contributed by atoms with Crippen LogP contribution in [0.5, 0.6) is 0 Å². The van der Waals surface area contributed by atoms with Crippen LogP contribution < -0.4 is 0 Å². The molecule has 104 valence electrons. The van der Waals surface area contributed by atoms with E-state index in [4.69, 9.17) is 4.42 Å². The number of allylic oxidation sites excluding steroid dienone is 4. The first-order valence-electron chi connectivity index (χ1n) is 7.22. The van der Waals surface area contributed by atoms with Gasteiger partial charge in [-0.05, 0) is 12.5 Å². The third kappa shape index (κ3) is 2.24. The summed E-state index contributed by atoms with van der Waals surface area (Å²) in [4.78, 5) is 0.400. The maximum Gasteiger partial charge on any atom is 0.139 e. The molecule has 0 spiro atoms. The minimum atomic E-state index is 0.369. The summed E-state index contributed by atoms with van der Waals surface area (Å²) in [6, 6.07) is 14.7. The maximum absolute atomic E-state index is 6.14. The Hall–Kier alpha value is -1.80. The predicted octanol–water partition coefficient (Wildman–Crippen LogP) is 5.95. The lowest BCUT2D eigenvalue weighted by Gasteiger charge is -2.14. The van der Waals surface area contributed by atoms with Crippen molar-refractivity contribution >= 4 is 37.9 Å². The van der Waals surface area contributed by atoms with Crippen LogP contribution in [0.15, 0.2) is 71.2 Å². The molecule has 4 rings (SSSR count). The molecule has 0 radical (unpaired) electrons. The lowest BCUT2D eigenvalue weighted by Crippen LogP contribution is -2.02. The molecule has 21 heavy (non-hydrogen) atoms. The first-order valence-corrected chi connectivity index (χ1v) is 8.14. The zero-order valence-corrected chi connectivity index (χ0v) is 13.1. The molecule has 0 saturated heterocycles. The molecule has 2 heteroatoms. The SMILES string of the molecule is BrC1C=CC=CC(c2cccc3c2oc2ccccc23)C1. The number of para-hydroxylation sites is 2. The summed E-state index contributed by atoms with van der Waals surface area (Å²) in [7, 11) is 0. The smallest absolute Gasteiger partial charge is 0.139 e. The number of fused-ring (bicyclic) bond motifs is 3. The van der Waals surface area contributed by atoms with E-state index >= 15 is 0 Å². The zero-order chi connectivity index (χ0) is 14.2. The molecule has 1 nitrogen and oxygen atoms in total. The van der Waals surface area contributed by atoms with Gasteiger partial charge < -0.3 is 4.42 Å². The number of hydrogen-bond donors (Lipinski definition) is 0. The lowest BCUT2D eigenvalue weighted by molar-refractivity contribution is 0.653. The average Bonchev–Trinajstić information content (AvgIpc) is 2.75. The van der Waals surface area contributed by atoms with Crippen molar-refractivity contribution in [2.24, 2.45) is 0 Å². The number of hydrogen-bond acceptors (Lipinski definition) is 1. The van der Waals surface area contributed by atoms with Crippen molar-refractivity contribution in [1.29, 1.82) is 0 Å². The van der Waals surface area contributed by atoms with Gasteiger partial charge in [-0.3, -0.25) is 0 Å². The Morgan fingerprint density at radius 2 is 1.71 bits per heavy atom. The number of alkyl halides is 1. The average molecular weight is 339 g/mol. The van der Waals surface area contributed by atoms with Crippen LogP contribution >= 0.6 is 15.9 Å². The standard InChI is InChI=1S/C19H15BrO/c20-14-7-2-1-6-13(12-14)15-9-5-10-17-16-8-3-4-11-18(16)21-19(15)17/h1-11,13-14H,12H2. The molecule has 0 fully saturated rings. The van der Waals surface area contributed by atoms with E-state index in [-0.39, 0.29) is 0 Å². The van der Waals surface area contributed by atoms with Crippen molar-refractivity contribution in [3.63, 3.8) is 0 Å². The Morgan fingerprint density at radius 3 is 2.67 bits per heavy atom. The molecule has 3 aromatic rings. The Morgan fingerprint density at radius 1 is 0.905 bits per heavy atom. The largest absolute Gasteiger partial charge is 0.456 e. The van der Waals surface area contributed by atoms with E-state index in [1.165, 1.54) is 16.3 Å². The Balaban J connectivity index is 1.92. The second kappa shape index (κ2) is 5.19. The molecule has 2 atom stereocenters. The number of rotatable bonds is 1. The van der Waals surface area contributed by atoms with Gasteiger partial charge in [0.1, 0.15) is 11.2 Å². The van der Waals surface area contributed by atoms with Crippen molar-refractivity contribution in [1.82, 2.24) is 0 Å². The Kier molecular flexibility index (Phi) is 3.19. The normalized spacial score (nSPS) is 22.0. The van der Waals surface area contributed by atoms with Gasteiger partial charge >= 0.3 is 0 Å². The Bertz CT molecular complexity index is 856. The molecule has 0 bridgehead atoms. The van der Waals surface area contributed by atoms with Crippen LogP contribution in [0.25, 0.3) is 21.9 Å². The van der Waals surface area contributed by atoms with E-state index in [1.54, 1.807) is 0 Å². The fourth-order valence-corrected chi connectivity index (χ4v) is 3.65. The summed E-state index contributed by atoms with van der Waals surface area (Å²) in [6.07, 6.45) is 9.74. The molecule has 1 heterocycles.